The molecule has 0 aromatic carbocycles. The first-order valence-electron chi connectivity index (χ1n) is 7.72. The fraction of sp³-hybridized carbons (Fsp3) is 0.667. The lowest BCUT2D eigenvalue weighted by Crippen LogP contribution is -2.25. The Labute approximate surface area is 125 Å². The molecule has 0 radical (unpaired) electrons. The van der Waals surface area contributed by atoms with E-state index in [9.17, 15) is 0 Å². The highest BCUT2D eigenvalue weighted by Gasteiger charge is 2.18. The molecule has 1 saturated carbocycles. The third-order valence-electron chi connectivity index (χ3n) is 4.33. The Kier molecular flexibility index (Phi) is 4.05. The van der Waals surface area contributed by atoms with Gasteiger partial charge >= 0.3 is 0 Å². The van der Waals surface area contributed by atoms with E-state index >= 15 is 0 Å². The van der Waals surface area contributed by atoms with E-state index in [2.05, 4.69) is 32.3 Å². The molecule has 2 heterocycles. The number of aryl methyl sites for hydroxylation is 1. The molecule has 0 atom stereocenters. The van der Waals surface area contributed by atoms with Crippen molar-refractivity contribution in [3.63, 3.8) is 0 Å². The number of anilines is 1. The Morgan fingerprint density at radius 1 is 1.33 bits per heavy atom. The van der Waals surface area contributed by atoms with Gasteiger partial charge in [0.1, 0.15) is 11.6 Å². The number of nitrogens with zero attached hydrogens (tertiary/aromatic N) is 5. The van der Waals surface area contributed by atoms with Crippen LogP contribution in [0.15, 0.2) is 6.20 Å². The first-order chi connectivity index (χ1) is 10.2. The molecule has 1 aliphatic rings. The fourth-order valence-electron chi connectivity index (χ4n) is 3.27. The molecular weight excluding hydrogens is 264 g/mol. The zero-order valence-electron chi connectivity index (χ0n) is 13.1. The fourth-order valence-corrected chi connectivity index (χ4v) is 3.27. The Morgan fingerprint density at radius 3 is 2.81 bits per heavy atom. The van der Waals surface area contributed by atoms with Crippen molar-refractivity contribution in [2.75, 3.05) is 26.0 Å². The first kappa shape index (κ1) is 14.3. The molecule has 0 saturated heterocycles. The largest absolute Gasteiger partial charge is 0.372 e. The van der Waals surface area contributed by atoms with Crippen molar-refractivity contribution in [3.8, 4) is 0 Å². The van der Waals surface area contributed by atoms with Gasteiger partial charge in [0.2, 0.25) is 0 Å². The summed E-state index contributed by atoms with van der Waals surface area (Å²) in [7, 11) is 5.97. The third-order valence-corrected chi connectivity index (χ3v) is 4.33. The number of aromatic nitrogens is 4. The van der Waals surface area contributed by atoms with E-state index in [0.717, 1.165) is 41.7 Å². The van der Waals surface area contributed by atoms with Gasteiger partial charge in [0.15, 0.2) is 5.65 Å². The molecule has 114 valence electrons. The number of nitrogens with one attached hydrogen (secondary N) is 1. The van der Waals surface area contributed by atoms with Gasteiger partial charge in [-0.05, 0) is 25.8 Å². The minimum absolute atomic E-state index is 0.784. The van der Waals surface area contributed by atoms with Crippen molar-refractivity contribution in [1.29, 1.82) is 0 Å². The minimum Gasteiger partial charge on any atom is -0.372 e. The van der Waals surface area contributed by atoms with Crippen molar-refractivity contribution in [1.82, 2.24) is 24.6 Å². The van der Waals surface area contributed by atoms with E-state index in [1.54, 1.807) is 4.68 Å². The molecule has 2 aromatic rings. The van der Waals surface area contributed by atoms with E-state index in [4.69, 9.17) is 0 Å². The third kappa shape index (κ3) is 3.00. The van der Waals surface area contributed by atoms with Crippen molar-refractivity contribution in [2.45, 2.75) is 32.2 Å². The van der Waals surface area contributed by atoms with E-state index in [-0.39, 0.29) is 0 Å². The summed E-state index contributed by atoms with van der Waals surface area (Å²) in [5, 5.41) is 8.39. The lowest BCUT2D eigenvalue weighted by atomic mass is 10.1. The number of hydrogen-bond acceptors (Lipinski definition) is 5. The second kappa shape index (κ2) is 5.97. The normalized spacial score (nSPS) is 16.2. The van der Waals surface area contributed by atoms with Crippen LogP contribution in [0.3, 0.4) is 0 Å². The van der Waals surface area contributed by atoms with Crippen LogP contribution in [-0.4, -0.2) is 45.3 Å². The van der Waals surface area contributed by atoms with Gasteiger partial charge in [0.05, 0.1) is 18.1 Å². The predicted molar refractivity (Wildman–Crippen MR) is 84.1 cm³/mol. The monoisotopic (exact) mass is 288 g/mol. The van der Waals surface area contributed by atoms with Crippen molar-refractivity contribution < 1.29 is 0 Å². The molecule has 1 aliphatic carbocycles. The quantitative estimate of drug-likeness (QED) is 0.912. The molecule has 0 unspecified atom stereocenters. The van der Waals surface area contributed by atoms with Gasteiger partial charge in [-0.1, -0.05) is 12.8 Å². The lowest BCUT2D eigenvalue weighted by molar-refractivity contribution is 0.266. The minimum atomic E-state index is 0.784. The molecule has 0 aliphatic heterocycles. The molecule has 3 rings (SSSR count). The highest BCUT2D eigenvalue weighted by Crippen LogP contribution is 2.25. The van der Waals surface area contributed by atoms with Crippen molar-refractivity contribution in [2.24, 2.45) is 13.0 Å². The molecule has 1 N–H and O–H groups in total. The highest BCUT2D eigenvalue weighted by atomic mass is 15.3. The molecule has 0 amide bonds. The van der Waals surface area contributed by atoms with E-state index in [1.807, 2.05) is 20.3 Å². The second-order valence-electron chi connectivity index (χ2n) is 6.09. The summed E-state index contributed by atoms with van der Waals surface area (Å²) in [5.41, 5.74) is 0.888. The number of rotatable bonds is 5. The summed E-state index contributed by atoms with van der Waals surface area (Å²) >= 11 is 0. The molecule has 0 spiro atoms. The summed E-state index contributed by atoms with van der Waals surface area (Å²) in [6.45, 7) is 1.92. The van der Waals surface area contributed by atoms with Gasteiger partial charge in [-0.3, -0.25) is 9.58 Å². The topological polar surface area (TPSA) is 58.9 Å². The van der Waals surface area contributed by atoms with Gasteiger partial charge in [0.25, 0.3) is 0 Å². The molecule has 6 heteroatoms. The van der Waals surface area contributed by atoms with Crippen LogP contribution in [-0.2, 0) is 13.6 Å². The van der Waals surface area contributed by atoms with Gasteiger partial charge < -0.3 is 5.32 Å². The average Bonchev–Trinajstić information content (AvgIpc) is 3.09. The van der Waals surface area contributed by atoms with Crippen LogP contribution in [0.4, 0.5) is 5.82 Å². The summed E-state index contributed by atoms with van der Waals surface area (Å²) in [6.07, 6.45) is 7.33. The summed E-state index contributed by atoms with van der Waals surface area (Å²) in [6, 6.07) is 0. The molecular formula is C15H24N6. The summed E-state index contributed by atoms with van der Waals surface area (Å²) < 4.78 is 1.80. The van der Waals surface area contributed by atoms with Crippen molar-refractivity contribution >= 4 is 16.9 Å². The second-order valence-corrected chi connectivity index (χ2v) is 6.09. The van der Waals surface area contributed by atoms with Crippen molar-refractivity contribution in [3.05, 3.63) is 12.0 Å². The molecule has 21 heavy (non-hydrogen) atoms. The first-order valence-corrected chi connectivity index (χ1v) is 7.72. The Hall–Kier alpha value is -1.69. The Bertz CT molecular complexity index is 614. The SMILES string of the molecule is CNc1nc(CN(C)CC2CCCC2)nc2c1cnn2C. The number of fused-ring (bicyclic) bond motifs is 1. The van der Waals surface area contributed by atoms with Crippen LogP contribution >= 0.6 is 0 Å². The zero-order valence-corrected chi connectivity index (χ0v) is 13.1. The molecule has 6 nitrogen and oxygen atoms in total. The zero-order chi connectivity index (χ0) is 14.8. The van der Waals surface area contributed by atoms with Crippen LogP contribution in [0.2, 0.25) is 0 Å². The smallest absolute Gasteiger partial charge is 0.163 e. The van der Waals surface area contributed by atoms with Gasteiger partial charge in [-0.15, -0.1) is 0 Å². The maximum Gasteiger partial charge on any atom is 0.163 e. The van der Waals surface area contributed by atoms with Crippen LogP contribution in [0.5, 0.6) is 0 Å². The summed E-state index contributed by atoms with van der Waals surface area (Å²) in [5.74, 6) is 2.56. The van der Waals surface area contributed by atoms with E-state index < -0.39 is 0 Å². The predicted octanol–water partition coefficient (Wildman–Crippen LogP) is 2.03. The van der Waals surface area contributed by atoms with Crippen LogP contribution < -0.4 is 5.32 Å². The maximum absolute atomic E-state index is 4.67. The summed E-state index contributed by atoms with van der Waals surface area (Å²) in [4.78, 5) is 11.6. The van der Waals surface area contributed by atoms with Gasteiger partial charge in [-0.2, -0.15) is 5.10 Å². The maximum atomic E-state index is 4.67. The average molecular weight is 288 g/mol. The molecule has 2 aromatic heterocycles. The van der Waals surface area contributed by atoms with E-state index in [1.165, 1.54) is 25.7 Å². The van der Waals surface area contributed by atoms with Crippen LogP contribution in [0.25, 0.3) is 11.0 Å². The lowest BCUT2D eigenvalue weighted by Gasteiger charge is -2.20. The molecule has 1 fully saturated rings. The van der Waals surface area contributed by atoms with Crippen LogP contribution in [0.1, 0.15) is 31.5 Å². The van der Waals surface area contributed by atoms with E-state index in [0.29, 0.717) is 0 Å². The number of hydrogen-bond donors (Lipinski definition) is 1. The Balaban J connectivity index is 1.77. The molecule has 0 bridgehead atoms. The van der Waals surface area contributed by atoms with Crippen LogP contribution in [0, 0.1) is 5.92 Å². The highest BCUT2D eigenvalue weighted by molar-refractivity contribution is 5.86. The standard InChI is InChI=1S/C15H24N6/c1-16-14-12-8-17-21(3)15(12)19-13(18-14)10-20(2)9-11-6-4-5-7-11/h8,11H,4-7,9-10H2,1-3H3,(H,16,18,19). The Morgan fingerprint density at radius 2 is 2.10 bits per heavy atom. The van der Waals surface area contributed by atoms with Gasteiger partial charge in [-0.25, -0.2) is 9.97 Å². The van der Waals surface area contributed by atoms with Gasteiger partial charge in [0, 0.05) is 20.6 Å².